The first-order valence-corrected chi connectivity index (χ1v) is 6.96. The maximum atomic E-state index is 10.8. The first kappa shape index (κ1) is 14.7. The van der Waals surface area contributed by atoms with E-state index in [4.69, 9.17) is 0 Å². The van der Waals surface area contributed by atoms with Crippen molar-refractivity contribution < 1.29 is 10.0 Å². The molecule has 0 aliphatic heterocycles. The van der Waals surface area contributed by atoms with Crippen LogP contribution in [-0.4, -0.2) is 27.2 Å². The van der Waals surface area contributed by atoms with Gasteiger partial charge in [-0.2, -0.15) is 0 Å². The van der Waals surface area contributed by atoms with Gasteiger partial charge in [-0.15, -0.1) is 0 Å². The van der Waals surface area contributed by atoms with E-state index in [1.807, 2.05) is 0 Å². The summed E-state index contributed by atoms with van der Waals surface area (Å²) in [6.07, 6.45) is 5.19. The SMILES string of the molecule is Cc1cc(NC2(CO)CCC(C)CC2)ncc1[N+](=O)[O-]. The minimum Gasteiger partial charge on any atom is -0.394 e. The van der Waals surface area contributed by atoms with Crippen molar-refractivity contribution in [1.82, 2.24) is 4.98 Å². The van der Waals surface area contributed by atoms with Crippen molar-refractivity contribution in [3.8, 4) is 0 Å². The first-order chi connectivity index (χ1) is 9.46. The number of aliphatic hydroxyl groups excluding tert-OH is 1. The highest BCUT2D eigenvalue weighted by molar-refractivity contribution is 5.48. The van der Waals surface area contributed by atoms with Gasteiger partial charge >= 0.3 is 0 Å². The molecule has 1 aromatic heterocycles. The van der Waals surface area contributed by atoms with Gasteiger partial charge in [0, 0.05) is 5.56 Å². The van der Waals surface area contributed by atoms with Crippen LogP contribution in [0.1, 0.15) is 38.2 Å². The van der Waals surface area contributed by atoms with Crippen molar-refractivity contribution >= 4 is 11.5 Å². The normalized spacial score (nSPS) is 26.2. The van der Waals surface area contributed by atoms with Gasteiger partial charge in [-0.1, -0.05) is 6.92 Å². The molecule has 1 saturated carbocycles. The molecule has 0 bridgehead atoms. The molecule has 1 aliphatic rings. The predicted molar refractivity (Wildman–Crippen MR) is 76.7 cm³/mol. The van der Waals surface area contributed by atoms with Crippen LogP contribution in [0.5, 0.6) is 0 Å². The maximum Gasteiger partial charge on any atom is 0.290 e. The van der Waals surface area contributed by atoms with Crippen molar-refractivity contribution in [2.75, 3.05) is 11.9 Å². The Balaban J connectivity index is 2.16. The number of hydrogen-bond donors (Lipinski definition) is 2. The number of pyridine rings is 1. The van der Waals surface area contributed by atoms with Gasteiger partial charge in [0.25, 0.3) is 5.69 Å². The Bertz CT molecular complexity index is 496. The lowest BCUT2D eigenvalue weighted by Crippen LogP contribution is -2.45. The second-order valence-corrected chi connectivity index (χ2v) is 5.86. The van der Waals surface area contributed by atoms with Crippen molar-refractivity contribution in [2.24, 2.45) is 5.92 Å². The van der Waals surface area contributed by atoms with E-state index < -0.39 is 4.92 Å². The fourth-order valence-electron chi connectivity index (χ4n) is 2.72. The van der Waals surface area contributed by atoms with Crippen LogP contribution >= 0.6 is 0 Å². The van der Waals surface area contributed by atoms with Gasteiger partial charge in [-0.05, 0) is 44.6 Å². The first-order valence-electron chi connectivity index (χ1n) is 6.96. The van der Waals surface area contributed by atoms with Crippen LogP contribution in [0.15, 0.2) is 12.3 Å². The topological polar surface area (TPSA) is 88.3 Å². The van der Waals surface area contributed by atoms with E-state index in [0.29, 0.717) is 17.3 Å². The van der Waals surface area contributed by atoms with Gasteiger partial charge in [0.1, 0.15) is 12.0 Å². The molecule has 110 valence electrons. The molecule has 2 rings (SSSR count). The lowest BCUT2D eigenvalue weighted by molar-refractivity contribution is -0.385. The number of nitro groups is 1. The molecule has 1 aromatic rings. The van der Waals surface area contributed by atoms with Crippen LogP contribution in [-0.2, 0) is 0 Å². The van der Waals surface area contributed by atoms with Gasteiger partial charge in [0.15, 0.2) is 0 Å². The lowest BCUT2D eigenvalue weighted by Gasteiger charge is -2.39. The molecule has 6 nitrogen and oxygen atoms in total. The van der Waals surface area contributed by atoms with Crippen LogP contribution in [0.2, 0.25) is 0 Å². The third-order valence-corrected chi connectivity index (χ3v) is 4.21. The summed E-state index contributed by atoms with van der Waals surface area (Å²) in [5, 5.41) is 23.8. The summed E-state index contributed by atoms with van der Waals surface area (Å²) in [7, 11) is 0. The largest absolute Gasteiger partial charge is 0.394 e. The highest BCUT2D eigenvalue weighted by atomic mass is 16.6. The summed E-state index contributed by atoms with van der Waals surface area (Å²) >= 11 is 0. The molecule has 0 amide bonds. The summed E-state index contributed by atoms with van der Waals surface area (Å²) < 4.78 is 0. The second-order valence-electron chi connectivity index (χ2n) is 5.86. The van der Waals surface area contributed by atoms with E-state index in [0.717, 1.165) is 25.7 Å². The van der Waals surface area contributed by atoms with Crippen molar-refractivity contribution in [3.05, 3.63) is 27.9 Å². The van der Waals surface area contributed by atoms with E-state index in [1.54, 1.807) is 13.0 Å². The third kappa shape index (κ3) is 3.07. The zero-order valence-electron chi connectivity index (χ0n) is 11.9. The minimum absolute atomic E-state index is 0.0193. The Morgan fingerprint density at radius 3 is 2.70 bits per heavy atom. The van der Waals surface area contributed by atoms with E-state index in [9.17, 15) is 15.2 Å². The molecule has 20 heavy (non-hydrogen) atoms. The van der Waals surface area contributed by atoms with Crippen molar-refractivity contribution in [3.63, 3.8) is 0 Å². The zero-order chi connectivity index (χ0) is 14.8. The maximum absolute atomic E-state index is 10.8. The molecule has 0 spiro atoms. The Kier molecular flexibility index (Phi) is 4.23. The van der Waals surface area contributed by atoms with Crippen LogP contribution in [0.3, 0.4) is 0 Å². The number of anilines is 1. The molecule has 1 fully saturated rings. The number of aliphatic hydroxyl groups is 1. The van der Waals surface area contributed by atoms with Crippen LogP contribution in [0.4, 0.5) is 11.5 Å². The highest BCUT2D eigenvalue weighted by Gasteiger charge is 2.34. The second kappa shape index (κ2) is 5.75. The van der Waals surface area contributed by atoms with Crippen LogP contribution in [0, 0.1) is 23.0 Å². The van der Waals surface area contributed by atoms with Gasteiger partial charge in [0.2, 0.25) is 0 Å². The van der Waals surface area contributed by atoms with Crippen molar-refractivity contribution in [2.45, 2.75) is 45.1 Å². The fraction of sp³-hybridized carbons (Fsp3) is 0.643. The molecule has 0 atom stereocenters. The van der Waals surface area contributed by atoms with Crippen LogP contribution < -0.4 is 5.32 Å². The fourth-order valence-corrected chi connectivity index (χ4v) is 2.72. The Labute approximate surface area is 118 Å². The molecule has 1 aliphatic carbocycles. The predicted octanol–water partition coefficient (Wildman–Crippen LogP) is 2.65. The van der Waals surface area contributed by atoms with E-state index in [1.165, 1.54) is 6.20 Å². The molecule has 0 saturated heterocycles. The number of nitrogens with zero attached hydrogens (tertiary/aromatic N) is 2. The zero-order valence-corrected chi connectivity index (χ0v) is 11.9. The molecule has 6 heteroatoms. The molecule has 0 radical (unpaired) electrons. The van der Waals surface area contributed by atoms with E-state index >= 15 is 0 Å². The van der Waals surface area contributed by atoms with Crippen LogP contribution in [0.25, 0.3) is 0 Å². The Hall–Kier alpha value is -1.69. The van der Waals surface area contributed by atoms with Crippen molar-refractivity contribution in [1.29, 1.82) is 0 Å². The smallest absolute Gasteiger partial charge is 0.290 e. The van der Waals surface area contributed by atoms with E-state index in [-0.39, 0.29) is 17.8 Å². The van der Waals surface area contributed by atoms with Gasteiger partial charge in [-0.25, -0.2) is 4.98 Å². The lowest BCUT2D eigenvalue weighted by atomic mass is 9.77. The molecular formula is C14H21N3O3. The Morgan fingerprint density at radius 2 is 2.20 bits per heavy atom. The Morgan fingerprint density at radius 1 is 1.55 bits per heavy atom. The summed E-state index contributed by atoms with van der Waals surface area (Å²) in [6.45, 7) is 3.96. The monoisotopic (exact) mass is 279 g/mol. The third-order valence-electron chi connectivity index (χ3n) is 4.21. The number of aryl methyl sites for hydroxylation is 1. The van der Waals surface area contributed by atoms with E-state index in [2.05, 4.69) is 17.2 Å². The minimum atomic E-state index is -0.434. The summed E-state index contributed by atoms with van der Waals surface area (Å²) in [6, 6.07) is 1.67. The highest BCUT2D eigenvalue weighted by Crippen LogP contribution is 2.34. The number of hydrogen-bond acceptors (Lipinski definition) is 5. The molecule has 0 unspecified atom stereocenters. The summed E-state index contributed by atoms with van der Waals surface area (Å²) in [5.74, 6) is 1.28. The molecule has 1 heterocycles. The average Bonchev–Trinajstić information content (AvgIpc) is 2.41. The average molecular weight is 279 g/mol. The quantitative estimate of drug-likeness (QED) is 0.653. The number of rotatable bonds is 4. The molecule has 0 aromatic carbocycles. The molecular weight excluding hydrogens is 258 g/mol. The van der Waals surface area contributed by atoms with Gasteiger partial charge in [-0.3, -0.25) is 10.1 Å². The van der Waals surface area contributed by atoms with Gasteiger partial charge < -0.3 is 10.4 Å². The number of aromatic nitrogens is 1. The summed E-state index contributed by atoms with van der Waals surface area (Å²) in [4.78, 5) is 14.5. The summed E-state index contributed by atoms with van der Waals surface area (Å²) in [5.41, 5.74) is 0.248. The number of nitrogens with one attached hydrogen (secondary N) is 1. The standard InChI is InChI=1S/C14H21N3O3/c1-10-3-5-14(9-18,6-4-10)16-13-7-11(2)12(8-15-13)17(19)20/h7-8,10,18H,3-6,9H2,1-2H3,(H,15,16). The van der Waals surface area contributed by atoms with Gasteiger partial charge in [0.05, 0.1) is 17.1 Å². The molecule has 2 N–H and O–H groups in total.